The van der Waals surface area contributed by atoms with Gasteiger partial charge in [0.05, 0.1) is 22.5 Å². The number of piperidine rings is 1. The molecule has 6 rings (SSSR count). The normalized spacial score (nSPS) is 20.0. The maximum Gasteiger partial charge on any atom is 0.319 e. The highest BCUT2D eigenvalue weighted by Gasteiger charge is 2.29. The second-order valence-electron chi connectivity index (χ2n) is 10.5. The molecule has 11 nitrogen and oxygen atoms in total. The number of hydrogen-bond acceptors (Lipinski definition) is 9. The van der Waals surface area contributed by atoms with Crippen molar-refractivity contribution in [3.05, 3.63) is 48.0 Å². The van der Waals surface area contributed by atoms with Gasteiger partial charge in [0, 0.05) is 57.4 Å². The van der Waals surface area contributed by atoms with Gasteiger partial charge in [-0.1, -0.05) is 25.1 Å². The number of aromatic nitrogens is 5. The van der Waals surface area contributed by atoms with Crippen LogP contribution in [0.1, 0.15) is 13.3 Å². The quantitative estimate of drug-likeness (QED) is 0.338. The molecule has 1 unspecified atom stereocenters. The first-order valence-corrected chi connectivity index (χ1v) is 13.9. The number of pyridine rings is 1. The van der Waals surface area contributed by atoms with E-state index in [0.29, 0.717) is 53.8 Å². The standard InChI is InChI=1S/C28H30ClFN8O3/c1-4-22(39)37-9-11-38(12-10-37)26-17-5-7-31-27(41-25-18-14-32-35-20(18)13-19(30)23(25)29)24(17)33-28(34-26)40-21-6-8-36(3)15-16(21)2/h4-5,7,13-14,16,21H,1,6,8-12,15H2,2-3H3,(H,32,35)/t16-,21?/m1/s1. The van der Waals surface area contributed by atoms with Crippen molar-refractivity contribution in [3.63, 3.8) is 0 Å². The predicted octanol–water partition coefficient (Wildman–Crippen LogP) is 4.04. The Morgan fingerprint density at radius 1 is 1.22 bits per heavy atom. The lowest BCUT2D eigenvalue weighted by molar-refractivity contribution is -0.126. The summed E-state index contributed by atoms with van der Waals surface area (Å²) in [4.78, 5) is 32.3. The van der Waals surface area contributed by atoms with Crippen LogP contribution in [-0.4, -0.2) is 93.3 Å². The number of benzene rings is 1. The Balaban J connectivity index is 1.42. The molecule has 0 bridgehead atoms. The molecule has 0 spiro atoms. The largest absolute Gasteiger partial charge is 0.460 e. The molecule has 1 amide bonds. The summed E-state index contributed by atoms with van der Waals surface area (Å²) in [5.41, 5.74) is 0.833. The van der Waals surface area contributed by atoms with Crippen molar-refractivity contribution in [1.29, 1.82) is 0 Å². The van der Waals surface area contributed by atoms with Crippen LogP contribution in [0, 0.1) is 11.7 Å². The Hall–Kier alpha value is -4.03. The molecule has 2 aliphatic rings. The first kappa shape index (κ1) is 27.2. The molecule has 2 fully saturated rings. The van der Waals surface area contributed by atoms with Crippen LogP contribution < -0.4 is 14.4 Å². The maximum absolute atomic E-state index is 14.6. The van der Waals surface area contributed by atoms with Crippen LogP contribution in [0.15, 0.2) is 37.2 Å². The van der Waals surface area contributed by atoms with Gasteiger partial charge in [0.25, 0.3) is 0 Å². The number of aromatic amines is 1. The van der Waals surface area contributed by atoms with Crippen LogP contribution >= 0.6 is 11.6 Å². The lowest BCUT2D eigenvalue weighted by Gasteiger charge is -2.36. The number of H-pyrrole nitrogens is 1. The van der Waals surface area contributed by atoms with Crippen molar-refractivity contribution in [2.75, 3.05) is 51.2 Å². The van der Waals surface area contributed by atoms with Crippen LogP contribution in [0.2, 0.25) is 5.02 Å². The Kier molecular flexibility index (Phi) is 7.35. The van der Waals surface area contributed by atoms with Gasteiger partial charge in [0.1, 0.15) is 28.3 Å². The number of amides is 1. The highest BCUT2D eigenvalue weighted by Crippen LogP contribution is 2.40. The molecular formula is C28H30ClFN8O3. The molecule has 214 valence electrons. The van der Waals surface area contributed by atoms with E-state index in [1.807, 2.05) is 0 Å². The second kappa shape index (κ2) is 11.1. The van der Waals surface area contributed by atoms with E-state index in [-0.39, 0.29) is 40.6 Å². The maximum atomic E-state index is 14.6. The van der Waals surface area contributed by atoms with E-state index in [1.54, 1.807) is 17.2 Å². The molecule has 3 aromatic heterocycles. The number of likely N-dealkylation sites (tertiary alicyclic amines) is 1. The van der Waals surface area contributed by atoms with Crippen LogP contribution in [0.3, 0.4) is 0 Å². The fourth-order valence-corrected chi connectivity index (χ4v) is 5.67. The van der Waals surface area contributed by atoms with Gasteiger partial charge in [-0.05, 0) is 25.6 Å². The number of hydrogen-bond donors (Lipinski definition) is 1. The van der Waals surface area contributed by atoms with Crippen LogP contribution in [-0.2, 0) is 4.79 Å². The smallest absolute Gasteiger partial charge is 0.319 e. The molecular weight excluding hydrogens is 551 g/mol. The average Bonchev–Trinajstić information content (AvgIpc) is 3.44. The lowest BCUT2D eigenvalue weighted by Crippen LogP contribution is -2.48. The predicted molar refractivity (Wildman–Crippen MR) is 153 cm³/mol. The fourth-order valence-electron chi connectivity index (χ4n) is 5.47. The summed E-state index contributed by atoms with van der Waals surface area (Å²) < 4.78 is 27.2. The van der Waals surface area contributed by atoms with Crippen LogP contribution in [0.5, 0.6) is 17.6 Å². The number of carbonyl (C=O) groups is 1. The first-order valence-electron chi connectivity index (χ1n) is 13.5. The van der Waals surface area contributed by atoms with Crippen molar-refractivity contribution < 1.29 is 18.7 Å². The molecule has 2 saturated heterocycles. The highest BCUT2D eigenvalue weighted by atomic mass is 35.5. The minimum atomic E-state index is -0.652. The van der Waals surface area contributed by atoms with Gasteiger partial charge in [0.15, 0.2) is 5.75 Å². The van der Waals surface area contributed by atoms with Crippen molar-refractivity contribution in [2.24, 2.45) is 5.92 Å². The lowest BCUT2D eigenvalue weighted by atomic mass is 9.97. The number of piperazine rings is 1. The molecule has 1 aromatic carbocycles. The summed E-state index contributed by atoms with van der Waals surface area (Å²) in [5.74, 6) is 0.370. The number of halogens is 2. The third kappa shape index (κ3) is 5.24. The zero-order chi connectivity index (χ0) is 28.7. The van der Waals surface area contributed by atoms with E-state index in [4.69, 9.17) is 31.0 Å². The Morgan fingerprint density at radius 3 is 2.78 bits per heavy atom. The van der Waals surface area contributed by atoms with E-state index in [9.17, 15) is 9.18 Å². The zero-order valence-corrected chi connectivity index (χ0v) is 23.6. The second-order valence-corrected chi connectivity index (χ2v) is 10.9. The van der Waals surface area contributed by atoms with Crippen molar-refractivity contribution in [3.8, 4) is 17.6 Å². The minimum absolute atomic E-state index is 0.0668. The highest BCUT2D eigenvalue weighted by molar-refractivity contribution is 6.33. The molecule has 4 aromatic rings. The average molecular weight is 581 g/mol. The molecule has 2 atom stereocenters. The molecule has 0 saturated carbocycles. The van der Waals surface area contributed by atoms with E-state index < -0.39 is 5.82 Å². The van der Waals surface area contributed by atoms with E-state index in [0.717, 1.165) is 19.5 Å². The summed E-state index contributed by atoms with van der Waals surface area (Å²) in [6.45, 7) is 9.70. The number of fused-ring (bicyclic) bond motifs is 2. The summed E-state index contributed by atoms with van der Waals surface area (Å²) in [6, 6.07) is 3.27. The Morgan fingerprint density at radius 2 is 2.02 bits per heavy atom. The summed E-state index contributed by atoms with van der Waals surface area (Å²) in [5, 5.41) is 7.74. The minimum Gasteiger partial charge on any atom is -0.460 e. The van der Waals surface area contributed by atoms with Crippen molar-refractivity contribution in [2.45, 2.75) is 19.4 Å². The van der Waals surface area contributed by atoms with Crippen LogP contribution in [0.25, 0.3) is 21.8 Å². The van der Waals surface area contributed by atoms with Crippen molar-refractivity contribution in [1.82, 2.24) is 34.9 Å². The molecule has 1 N–H and O–H groups in total. The van der Waals surface area contributed by atoms with Gasteiger partial charge in [-0.15, -0.1) is 0 Å². The van der Waals surface area contributed by atoms with Gasteiger partial charge < -0.3 is 24.2 Å². The van der Waals surface area contributed by atoms with E-state index >= 15 is 0 Å². The van der Waals surface area contributed by atoms with Crippen LogP contribution in [0.4, 0.5) is 10.2 Å². The van der Waals surface area contributed by atoms with Gasteiger partial charge in [0.2, 0.25) is 11.8 Å². The Bertz CT molecular complexity index is 1620. The van der Waals surface area contributed by atoms with E-state index in [1.165, 1.54) is 18.3 Å². The monoisotopic (exact) mass is 580 g/mol. The molecule has 0 radical (unpaired) electrons. The SMILES string of the molecule is C=CC(=O)N1CCN(c2nc(OC3CCN(C)C[C@H]3C)nc3c(Oc4c(Cl)c(F)cc5[nH]ncc45)nccc23)CC1. The first-order chi connectivity index (χ1) is 19.8. The van der Waals surface area contributed by atoms with Gasteiger partial charge in [-0.25, -0.2) is 9.37 Å². The molecule has 0 aliphatic carbocycles. The number of nitrogens with one attached hydrogen (secondary N) is 1. The number of ether oxygens (including phenoxy) is 2. The van der Waals surface area contributed by atoms with Gasteiger partial charge in [-0.2, -0.15) is 15.1 Å². The summed E-state index contributed by atoms with van der Waals surface area (Å²) >= 11 is 6.34. The third-order valence-corrected chi connectivity index (χ3v) is 8.04. The van der Waals surface area contributed by atoms with Gasteiger partial charge >= 0.3 is 6.01 Å². The zero-order valence-electron chi connectivity index (χ0n) is 22.8. The number of carbonyl (C=O) groups excluding carboxylic acids is 1. The summed E-state index contributed by atoms with van der Waals surface area (Å²) in [6.07, 6.45) is 5.20. The molecule has 13 heteroatoms. The van der Waals surface area contributed by atoms with Crippen molar-refractivity contribution >= 4 is 45.1 Å². The fraction of sp³-hybridized carbons (Fsp3) is 0.393. The van der Waals surface area contributed by atoms with Gasteiger partial charge in [-0.3, -0.25) is 9.89 Å². The number of rotatable bonds is 6. The molecule has 2 aliphatic heterocycles. The molecule has 41 heavy (non-hydrogen) atoms. The topological polar surface area (TPSA) is 113 Å². The number of anilines is 1. The number of nitrogens with zero attached hydrogens (tertiary/aromatic N) is 7. The van der Waals surface area contributed by atoms with E-state index in [2.05, 4.69) is 45.5 Å². The molecule has 5 heterocycles. The Labute approximate surface area is 240 Å². The summed E-state index contributed by atoms with van der Waals surface area (Å²) in [7, 11) is 2.10. The third-order valence-electron chi connectivity index (χ3n) is 7.68.